The Bertz CT molecular complexity index is 505. The quantitative estimate of drug-likeness (QED) is 0.655. The summed E-state index contributed by atoms with van der Waals surface area (Å²) in [4.78, 5) is 2.05. The van der Waals surface area contributed by atoms with Crippen molar-refractivity contribution in [2.75, 3.05) is 0 Å². The lowest BCUT2D eigenvalue weighted by molar-refractivity contribution is 1.43. The molecule has 0 aliphatic carbocycles. The Labute approximate surface area is 86.0 Å². The Kier molecular flexibility index (Phi) is 2.03. The van der Waals surface area contributed by atoms with Crippen LogP contribution in [0.15, 0.2) is 23.1 Å². The average molecular weight is 205 g/mol. The van der Waals surface area contributed by atoms with Crippen molar-refractivity contribution >= 4 is 34.1 Å². The van der Waals surface area contributed by atoms with E-state index in [4.69, 9.17) is 5.26 Å². The largest absolute Gasteiger partial charge is 0.192 e. The highest BCUT2D eigenvalue weighted by Gasteiger charge is 2.05. The molecule has 1 nitrogen and oxygen atoms in total. The molecule has 2 aromatic rings. The number of nitrogens with zero attached hydrogens (tertiary/aromatic N) is 1. The van der Waals surface area contributed by atoms with Crippen molar-refractivity contribution in [1.29, 1.82) is 5.26 Å². The molecule has 3 heteroatoms. The number of rotatable bonds is 0. The predicted molar refractivity (Wildman–Crippen MR) is 58.5 cm³/mol. The zero-order chi connectivity index (χ0) is 9.42. The molecule has 0 bridgehead atoms. The zero-order valence-electron chi connectivity index (χ0n) is 7.03. The SMILES string of the molecule is Cc1cc2c(S)c(C#N)ccc2s1. The summed E-state index contributed by atoms with van der Waals surface area (Å²) in [5, 5.41) is 9.88. The van der Waals surface area contributed by atoms with E-state index in [1.807, 2.05) is 12.1 Å². The van der Waals surface area contributed by atoms with E-state index in [0.29, 0.717) is 5.56 Å². The Morgan fingerprint density at radius 2 is 2.23 bits per heavy atom. The first-order chi connectivity index (χ1) is 6.22. The zero-order valence-corrected chi connectivity index (χ0v) is 8.75. The van der Waals surface area contributed by atoms with Gasteiger partial charge in [-0.2, -0.15) is 5.26 Å². The van der Waals surface area contributed by atoms with Gasteiger partial charge in [-0.3, -0.25) is 0 Å². The molecule has 0 atom stereocenters. The van der Waals surface area contributed by atoms with Gasteiger partial charge in [-0.15, -0.1) is 24.0 Å². The van der Waals surface area contributed by atoms with Crippen LogP contribution in [0.25, 0.3) is 10.1 Å². The van der Waals surface area contributed by atoms with Gasteiger partial charge in [0, 0.05) is 19.9 Å². The van der Waals surface area contributed by atoms with E-state index < -0.39 is 0 Å². The Balaban J connectivity index is 2.87. The van der Waals surface area contributed by atoms with Crippen molar-refractivity contribution in [3.05, 3.63) is 28.6 Å². The number of aryl methyl sites for hydroxylation is 1. The number of benzene rings is 1. The highest BCUT2D eigenvalue weighted by molar-refractivity contribution is 7.80. The van der Waals surface area contributed by atoms with Crippen LogP contribution in [0.2, 0.25) is 0 Å². The summed E-state index contributed by atoms with van der Waals surface area (Å²) in [5.41, 5.74) is 0.647. The first-order valence-corrected chi connectivity index (χ1v) is 5.11. The number of hydrogen-bond acceptors (Lipinski definition) is 3. The third-order valence-electron chi connectivity index (χ3n) is 1.92. The molecule has 0 unspecified atom stereocenters. The molecule has 0 radical (unpaired) electrons. The third-order valence-corrected chi connectivity index (χ3v) is 3.41. The molecule has 1 heterocycles. The summed E-state index contributed by atoms with van der Waals surface area (Å²) in [5.74, 6) is 0. The molecule has 0 saturated carbocycles. The van der Waals surface area contributed by atoms with Gasteiger partial charge in [-0.25, -0.2) is 0 Å². The molecule has 0 N–H and O–H groups in total. The monoisotopic (exact) mass is 205 g/mol. The molecule has 0 saturated heterocycles. The second-order valence-electron chi connectivity index (χ2n) is 2.84. The van der Waals surface area contributed by atoms with Gasteiger partial charge in [0.15, 0.2) is 0 Å². The number of fused-ring (bicyclic) bond motifs is 1. The molecular formula is C10H7NS2. The van der Waals surface area contributed by atoms with Crippen LogP contribution in [0.4, 0.5) is 0 Å². The second-order valence-corrected chi connectivity index (χ2v) is 4.58. The highest BCUT2D eigenvalue weighted by Crippen LogP contribution is 2.31. The Hall–Kier alpha value is -0.980. The average Bonchev–Trinajstić information content (AvgIpc) is 2.47. The van der Waals surface area contributed by atoms with E-state index in [-0.39, 0.29) is 0 Å². The van der Waals surface area contributed by atoms with Crippen LogP contribution in [0, 0.1) is 18.3 Å². The summed E-state index contributed by atoms with van der Waals surface area (Å²) in [7, 11) is 0. The van der Waals surface area contributed by atoms with Gasteiger partial charge in [-0.1, -0.05) is 0 Å². The maximum absolute atomic E-state index is 8.79. The molecule has 0 fully saturated rings. The minimum absolute atomic E-state index is 0.647. The summed E-state index contributed by atoms with van der Waals surface area (Å²) in [6.45, 7) is 2.06. The summed E-state index contributed by atoms with van der Waals surface area (Å²) >= 11 is 6.07. The molecule has 1 aromatic heterocycles. The molecule has 0 spiro atoms. The lowest BCUT2D eigenvalue weighted by Gasteiger charge is -1.96. The van der Waals surface area contributed by atoms with Gasteiger partial charge >= 0.3 is 0 Å². The van der Waals surface area contributed by atoms with Crippen LogP contribution in [0.5, 0.6) is 0 Å². The molecule has 13 heavy (non-hydrogen) atoms. The van der Waals surface area contributed by atoms with E-state index in [9.17, 15) is 0 Å². The predicted octanol–water partition coefficient (Wildman–Crippen LogP) is 3.37. The van der Waals surface area contributed by atoms with Gasteiger partial charge in [-0.05, 0) is 25.1 Å². The van der Waals surface area contributed by atoms with Crippen LogP contribution in [0.3, 0.4) is 0 Å². The fraction of sp³-hybridized carbons (Fsp3) is 0.100. The normalized spacial score (nSPS) is 10.2. The van der Waals surface area contributed by atoms with Crippen molar-refractivity contribution in [3.63, 3.8) is 0 Å². The number of hydrogen-bond donors (Lipinski definition) is 1. The van der Waals surface area contributed by atoms with E-state index >= 15 is 0 Å². The van der Waals surface area contributed by atoms with Crippen molar-refractivity contribution in [2.45, 2.75) is 11.8 Å². The number of thiol groups is 1. The first-order valence-electron chi connectivity index (χ1n) is 3.84. The first kappa shape index (κ1) is 8.61. The molecule has 0 aliphatic rings. The molecule has 2 rings (SSSR count). The van der Waals surface area contributed by atoms with Gasteiger partial charge in [0.2, 0.25) is 0 Å². The summed E-state index contributed by atoms with van der Waals surface area (Å²) in [6, 6.07) is 7.99. The van der Waals surface area contributed by atoms with Crippen LogP contribution in [0.1, 0.15) is 10.4 Å². The molecule has 0 amide bonds. The second kappa shape index (κ2) is 3.06. The van der Waals surface area contributed by atoms with Crippen LogP contribution >= 0.6 is 24.0 Å². The summed E-state index contributed by atoms with van der Waals surface area (Å²) in [6.07, 6.45) is 0. The smallest absolute Gasteiger partial charge is 0.100 e. The Morgan fingerprint density at radius 1 is 1.46 bits per heavy atom. The topological polar surface area (TPSA) is 23.8 Å². The van der Waals surface area contributed by atoms with E-state index in [1.165, 1.54) is 9.58 Å². The van der Waals surface area contributed by atoms with E-state index in [0.717, 1.165) is 10.3 Å². The number of nitriles is 1. The van der Waals surface area contributed by atoms with Crippen molar-refractivity contribution in [3.8, 4) is 6.07 Å². The summed E-state index contributed by atoms with van der Waals surface area (Å²) < 4.78 is 1.20. The van der Waals surface area contributed by atoms with Crippen molar-refractivity contribution in [2.24, 2.45) is 0 Å². The van der Waals surface area contributed by atoms with Crippen LogP contribution in [-0.4, -0.2) is 0 Å². The van der Waals surface area contributed by atoms with Crippen LogP contribution < -0.4 is 0 Å². The minimum atomic E-state index is 0.647. The van der Waals surface area contributed by atoms with Gasteiger partial charge in [0.25, 0.3) is 0 Å². The maximum atomic E-state index is 8.79. The third kappa shape index (κ3) is 1.32. The lowest BCUT2D eigenvalue weighted by atomic mass is 10.2. The fourth-order valence-electron chi connectivity index (χ4n) is 1.31. The minimum Gasteiger partial charge on any atom is -0.192 e. The van der Waals surface area contributed by atoms with E-state index in [1.54, 1.807) is 11.3 Å². The van der Waals surface area contributed by atoms with Gasteiger partial charge in [0.05, 0.1) is 5.56 Å². The lowest BCUT2D eigenvalue weighted by Crippen LogP contribution is -1.76. The Morgan fingerprint density at radius 3 is 2.92 bits per heavy atom. The molecular weight excluding hydrogens is 198 g/mol. The highest BCUT2D eigenvalue weighted by atomic mass is 32.1. The van der Waals surface area contributed by atoms with Gasteiger partial charge < -0.3 is 0 Å². The van der Waals surface area contributed by atoms with E-state index in [2.05, 4.69) is 31.7 Å². The van der Waals surface area contributed by atoms with Crippen molar-refractivity contribution in [1.82, 2.24) is 0 Å². The standard InChI is InChI=1S/C10H7NS2/c1-6-4-8-9(13-6)3-2-7(5-11)10(8)12/h2-4,12H,1H3. The van der Waals surface area contributed by atoms with Crippen LogP contribution in [-0.2, 0) is 0 Å². The maximum Gasteiger partial charge on any atom is 0.100 e. The van der Waals surface area contributed by atoms with Crippen molar-refractivity contribution < 1.29 is 0 Å². The molecule has 64 valence electrons. The number of thiophene rings is 1. The van der Waals surface area contributed by atoms with Gasteiger partial charge in [0.1, 0.15) is 6.07 Å². The fourth-order valence-corrected chi connectivity index (χ4v) is 2.63. The molecule has 0 aliphatic heterocycles. The molecule has 1 aromatic carbocycles.